The van der Waals surface area contributed by atoms with Crippen molar-refractivity contribution >= 4 is 11.7 Å². The van der Waals surface area contributed by atoms with E-state index in [0.29, 0.717) is 10.7 Å². The van der Waals surface area contributed by atoms with Gasteiger partial charge in [0.25, 0.3) is 0 Å². The van der Waals surface area contributed by atoms with E-state index < -0.39 is 6.03 Å². The van der Waals surface area contributed by atoms with Crippen LogP contribution in [-0.4, -0.2) is 29.3 Å². The van der Waals surface area contributed by atoms with Crippen LogP contribution in [0.5, 0.6) is 0 Å². The summed E-state index contributed by atoms with van der Waals surface area (Å²) in [5.41, 5.74) is 1.64. The van der Waals surface area contributed by atoms with Crippen molar-refractivity contribution in [3.8, 4) is 0 Å². The van der Waals surface area contributed by atoms with E-state index in [4.69, 9.17) is 5.11 Å². The Morgan fingerprint density at radius 3 is 2.56 bits per heavy atom. The maximum Gasteiger partial charge on any atom is 0.344 e. The van der Waals surface area contributed by atoms with E-state index in [1.807, 2.05) is 19.1 Å². The van der Waals surface area contributed by atoms with Crippen LogP contribution < -0.4 is 5.32 Å². The number of hydrogen-bond acceptors (Lipinski definition) is 4. The third-order valence-electron chi connectivity index (χ3n) is 1.95. The number of nitrogens with zero attached hydrogens (tertiary/aromatic N) is 2. The van der Waals surface area contributed by atoms with Crippen LogP contribution in [-0.2, 0) is 0 Å². The van der Waals surface area contributed by atoms with Gasteiger partial charge in [-0.15, -0.1) is 4.91 Å². The lowest BCUT2D eigenvalue weighted by Crippen LogP contribution is -2.32. The zero-order valence-electron chi connectivity index (χ0n) is 8.88. The smallest absolute Gasteiger partial charge is 0.344 e. The Hall–Kier alpha value is -1.95. The van der Waals surface area contributed by atoms with Crippen molar-refractivity contribution in [2.24, 2.45) is 5.29 Å². The van der Waals surface area contributed by atoms with E-state index in [9.17, 15) is 9.70 Å². The topological polar surface area (TPSA) is 82.0 Å². The van der Waals surface area contributed by atoms with Gasteiger partial charge in [-0.1, -0.05) is 17.7 Å². The van der Waals surface area contributed by atoms with Gasteiger partial charge in [0.1, 0.15) is 0 Å². The quantitative estimate of drug-likeness (QED) is 0.599. The minimum atomic E-state index is -0.659. The molecule has 2 amide bonds. The number of rotatable bonds is 4. The molecule has 0 fully saturated rings. The van der Waals surface area contributed by atoms with Crippen molar-refractivity contribution in [1.29, 1.82) is 0 Å². The number of aliphatic hydroxyl groups excluding tert-OH is 1. The number of anilines is 1. The minimum absolute atomic E-state index is 0.124. The fourth-order valence-electron chi connectivity index (χ4n) is 1.10. The van der Waals surface area contributed by atoms with Crippen LogP contribution in [0.15, 0.2) is 29.6 Å². The number of amides is 2. The number of hydrogen-bond donors (Lipinski definition) is 2. The number of nitrogens with one attached hydrogen (secondary N) is 1. The summed E-state index contributed by atoms with van der Waals surface area (Å²) < 4.78 is 0. The van der Waals surface area contributed by atoms with Crippen LogP contribution >= 0.6 is 0 Å². The molecule has 0 unspecified atom stereocenters. The summed E-state index contributed by atoms with van der Waals surface area (Å²) in [6.45, 7) is 1.49. The first-order valence-corrected chi connectivity index (χ1v) is 4.76. The molecule has 16 heavy (non-hydrogen) atoms. The van der Waals surface area contributed by atoms with Crippen LogP contribution in [0.4, 0.5) is 10.5 Å². The van der Waals surface area contributed by atoms with Gasteiger partial charge in [0.2, 0.25) is 0 Å². The number of urea groups is 1. The van der Waals surface area contributed by atoms with E-state index in [1.165, 1.54) is 0 Å². The van der Waals surface area contributed by atoms with E-state index in [-0.39, 0.29) is 13.2 Å². The second-order valence-electron chi connectivity index (χ2n) is 3.22. The monoisotopic (exact) mass is 223 g/mol. The Morgan fingerprint density at radius 1 is 1.44 bits per heavy atom. The lowest BCUT2D eigenvalue weighted by Gasteiger charge is -2.12. The second kappa shape index (κ2) is 5.82. The zero-order valence-corrected chi connectivity index (χ0v) is 8.88. The van der Waals surface area contributed by atoms with Crippen molar-refractivity contribution in [1.82, 2.24) is 5.01 Å². The van der Waals surface area contributed by atoms with Crippen LogP contribution in [0.1, 0.15) is 5.56 Å². The molecule has 0 aromatic heterocycles. The fraction of sp³-hybridized carbons (Fsp3) is 0.300. The SMILES string of the molecule is Cc1ccc(NC(=O)N(CCO)N=O)cc1. The Balaban J connectivity index is 2.62. The molecule has 1 aromatic rings. The van der Waals surface area contributed by atoms with Gasteiger partial charge in [0, 0.05) is 5.69 Å². The maximum atomic E-state index is 11.4. The highest BCUT2D eigenvalue weighted by molar-refractivity contribution is 5.89. The first kappa shape index (κ1) is 12.1. The van der Waals surface area contributed by atoms with Gasteiger partial charge in [0.15, 0.2) is 0 Å². The van der Waals surface area contributed by atoms with Gasteiger partial charge in [-0.25, -0.2) is 4.79 Å². The molecule has 0 aliphatic rings. The van der Waals surface area contributed by atoms with Crippen molar-refractivity contribution in [2.45, 2.75) is 6.92 Å². The molecule has 6 nitrogen and oxygen atoms in total. The molecule has 0 atom stereocenters. The van der Waals surface area contributed by atoms with Crippen molar-refractivity contribution in [2.75, 3.05) is 18.5 Å². The molecule has 0 bridgehead atoms. The lowest BCUT2D eigenvalue weighted by atomic mass is 10.2. The molecule has 6 heteroatoms. The Bertz CT molecular complexity index is 364. The molecule has 1 aromatic carbocycles. The van der Waals surface area contributed by atoms with Gasteiger partial charge in [-0.05, 0) is 19.1 Å². The predicted octanol–water partition coefficient (Wildman–Crippen LogP) is 1.50. The highest BCUT2D eigenvalue weighted by atomic mass is 16.3. The molecule has 0 spiro atoms. The van der Waals surface area contributed by atoms with Crippen LogP contribution in [0.2, 0.25) is 0 Å². The number of aryl methyl sites for hydroxylation is 1. The second-order valence-corrected chi connectivity index (χ2v) is 3.22. The predicted molar refractivity (Wildman–Crippen MR) is 59.8 cm³/mol. The summed E-state index contributed by atoms with van der Waals surface area (Å²) in [6, 6.07) is 6.44. The van der Waals surface area contributed by atoms with Gasteiger partial charge < -0.3 is 10.4 Å². The summed E-state index contributed by atoms with van der Waals surface area (Å²) >= 11 is 0. The minimum Gasteiger partial charge on any atom is -0.394 e. The first-order valence-electron chi connectivity index (χ1n) is 4.76. The standard InChI is InChI=1S/C10H13N3O3/c1-8-2-4-9(5-3-8)11-10(15)13(12-16)6-7-14/h2-5,14H,6-7H2,1H3,(H,11,15). The Morgan fingerprint density at radius 2 is 2.06 bits per heavy atom. The number of nitroso groups, excluding NO2 is 1. The number of carbonyl (C=O) groups excluding carboxylic acids is 1. The molecule has 0 heterocycles. The molecule has 0 aliphatic carbocycles. The Labute approximate surface area is 92.8 Å². The summed E-state index contributed by atoms with van der Waals surface area (Å²) in [5, 5.41) is 14.2. The fourth-order valence-corrected chi connectivity index (χ4v) is 1.10. The Kier molecular flexibility index (Phi) is 4.41. The third-order valence-corrected chi connectivity index (χ3v) is 1.95. The molecular weight excluding hydrogens is 210 g/mol. The molecular formula is C10H13N3O3. The largest absolute Gasteiger partial charge is 0.394 e. The normalized spacial score (nSPS) is 9.62. The third kappa shape index (κ3) is 3.32. The average Bonchev–Trinajstić information content (AvgIpc) is 2.29. The van der Waals surface area contributed by atoms with Gasteiger partial charge in [0.05, 0.1) is 18.4 Å². The summed E-state index contributed by atoms with van der Waals surface area (Å²) in [7, 11) is 0. The lowest BCUT2D eigenvalue weighted by molar-refractivity contribution is 0.190. The van der Waals surface area contributed by atoms with Gasteiger partial charge in [-0.2, -0.15) is 5.01 Å². The molecule has 0 saturated heterocycles. The van der Waals surface area contributed by atoms with Gasteiger partial charge in [-0.3, -0.25) is 0 Å². The maximum absolute atomic E-state index is 11.4. The first-order chi connectivity index (χ1) is 7.67. The molecule has 0 saturated carbocycles. The molecule has 2 N–H and O–H groups in total. The summed E-state index contributed by atoms with van der Waals surface area (Å²) in [4.78, 5) is 21.7. The number of aliphatic hydroxyl groups is 1. The average molecular weight is 223 g/mol. The molecule has 86 valence electrons. The molecule has 1 rings (SSSR count). The van der Waals surface area contributed by atoms with Crippen molar-refractivity contribution in [3.05, 3.63) is 34.7 Å². The van der Waals surface area contributed by atoms with Crippen LogP contribution in [0.3, 0.4) is 0 Å². The van der Waals surface area contributed by atoms with Crippen LogP contribution in [0, 0.1) is 11.8 Å². The summed E-state index contributed by atoms with van der Waals surface area (Å²) in [5.74, 6) is 0. The van der Waals surface area contributed by atoms with Crippen LogP contribution in [0.25, 0.3) is 0 Å². The molecule has 0 radical (unpaired) electrons. The molecule has 0 aliphatic heterocycles. The van der Waals surface area contributed by atoms with E-state index >= 15 is 0 Å². The van der Waals surface area contributed by atoms with E-state index in [1.54, 1.807) is 12.1 Å². The van der Waals surface area contributed by atoms with Crippen molar-refractivity contribution in [3.63, 3.8) is 0 Å². The number of carbonyl (C=O) groups is 1. The van der Waals surface area contributed by atoms with Gasteiger partial charge >= 0.3 is 6.03 Å². The van der Waals surface area contributed by atoms with Crippen molar-refractivity contribution < 1.29 is 9.90 Å². The van der Waals surface area contributed by atoms with E-state index in [0.717, 1.165) is 5.56 Å². The van der Waals surface area contributed by atoms with E-state index in [2.05, 4.69) is 10.6 Å². The number of benzene rings is 1. The highest BCUT2D eigenvalue weighted by Crippen LogP contribution is 2.09. The highest BCUT2D eigenvalue weighted by Gasteiger charge is 2.12. The zero-order chi connectivity index (χ0) is 12.0. The summed E-state index contributed by atoms with van der Waals surface area (Å²) in [6.07, 6.45) is 0.